The monoisotopic (exact) mass is 423 g/mol. The van der Waals surface area contributed by atoms with Gasteiger partial charge in [0.25, 0.3) is 5.91 Å². The molecule has 1 unspecified atom stereocenters. The second-order valence-electron chi connectivity index (χ2n) is 8.09. The quantitative estimate of drug-likeness (QED) is 0.657. The van der Waals surface area contributed by atoms with Crippen LogP contribution in [0.2, 0.25) is 0 Å². The van der Waals surface area contributed by atoms with E-state index in [9.17, 15) is 9.59 Å². The van der Waals surface area contributed by atoms with Crippen LogP contribution in [0, 0.1) is 0 Å². The van der Waals surface area contributed by atoms with Crippen molar-refractivity contribution < 1.29 is 14.3 Å². The Morgan fingerprint density at radius 2 is 1.74 bits per heavy atom. The van der Waals surface area contributed by atoms with Crippen molar-refractivity contribution in [1.82, 2.24) is 10.2 Å². The van der Waals surface area contributed by atoms with Gasteiger partial charge >= 0.3 is 5.97 Å². The van der Waals surface area contributed by atoms with Gasteiger partial charge < -0.3 is 15.0 Å². The Morgan fingerprint density at radius 1 is 1.10 bits per heavy atom. The lowest BCUT2D eigenvalue weighted by molar-refractivity contribution is -0.144. The molecule has 6 nitrogen and oxygen atoms in total. The first-order valence-corrected chi connectivity index (χ1v) is 11.0. The number of carbonyl (C=O) groups excluding carboxylic acids is 2. The minimum absolute atomic E-state index is 0.0426. The fraction of sp³-hybridized carbons (Fsp3) is 0.440. The van der Waals surface area contributed by atoms with Gasteiger partial charge in [-0.1, -0.05) is 30.3 Å². The number of nitrogens with one attached hydrogen (secondary N) is 1. The van der Waals surface area contributed by atoms with Crippen molar-refractivity contribution in [2.45, 2.75) is 38.8 Å². The van der Waals surface area contributed by atoms with E-state index in [0.29, 0.717) is 24.8 Å². The first-order valence-electron chi connectivity index (χ1n) is 11.0. The third kappa shape index (κ3) is 6.31. The van der Waals surface area contributed by atoms with Gasteiger partial charge in [0.15, 0.2) is 0 Å². The molecule has 0 spiro atoms. The fourth-order valence-corrected chi connectivity index (χ4v) is 4.03. The zero-order chi connectivity index (χ0) is 22.2. The van der Waals surface area contributed by atoms with Crippen LogP contribution in [-0.4, -0.2) is 56.1 Å². The normalized spacial score (nSPS) is 15.5. The molecular formula is C25H33N3O3. The van der Waals surface area contributed by atoms with E-state index in [2.05, 4.69) is 15.1 Å². The number of ether oxygens (including phenoxy) is 1. The first kappa shape index (κ1) is 22.8. The molecule has 2 aromatic rings. The number of piperidine rings is 1. The van der Waals surface area contributed by atoms with Crippen LogP contribution < -0.4 is 10.2 Å². The van der Waals surface area contributed by atoms with Crippen LogP contribution in [0.4, 0.5) is 5.69 Å². The van der Waals surface area contributed by atoms with E-state index in [1.54, 1.807) is 0 Å². The van der Waals surface area contributed by atoms with Gasteiger partial charge in [-0.25, -0.2) is 0 Å². The molecular weight excluding hydrogens is 390 g/mol. The molecule has 0 bridgehead atoms. The molecule has 1 heterocycles. The SMILES string of the molecule is CCOC(=O)CN(C)C1CCN(c2ccc(C(=O)NC(C)c3ccccc3)cc2)CC1. The first-order chi connectivity index (χ1) is 15.0. The second-order valence-corrected chi connectivity index (χ2v) is 8.09. The largest absolute Gasteiger partial charge is 0.465 e. The zero-order valence-electron chi connectivity index (χ0n) is 18.7. The summed E-state index contributed by atoms with van der Waals surface area (Å²) in [4.78, 5) is 28.7. The lowest BCUT2D eigenvalue weighted by atomic mass is 10.0. The molecule has 6 heteroatoms. The Kier molecular flexibility index (Phi) is 8.06. The average Bonchev–Trinajstić information content (AvgIpc) is 2.80. The van der Waals surface area contributed by atoms with Crippen LogP contribution in [0.15, 0.2) is 54.6 Å². The number of benzene rings is 2. The molecule has 3 rings (SSSR count). The molecule has 1 N–H and O–H groups in total. The molecule has 0 radical (unpaired) electrons. The summed E-state index contributed by atoms with van der Waals surface area (Å²) in [5, 5.41) is 3.06. The van der Waals surface area contributed by atoms with Crippen molar-refractivity contribution in [3.8, 4) is 0 Å². The molecule has 1 amide bonds. The maximum Gasteiger partial charge on any atom is 0.320 e. The molecule has 1 atom stereocenters. The van der Waals surface area contributed by atoms with Crippen molar-refractivity contribution in [3.63, 3.8) is 0 Å². The summed E-state index contributed by atoms with van der Waals surface area (Å²) in [6.07, 6.45) is 1.99. The number of rotatable bonds is 8. The van der Waals surface area contributed by atoms with Gasteiger partial charge in [-0.05, 0) is 63.6 Å². The Labute approximate surface area is 185 Å². The van der Waals surface area contributed by atoms with Gasteiger partial charge in [-0.2, -0.15) is 0 Å². The number of esters is 1. The van der Waals surface area contributed by atoms with Gasteiger partial charge in [0.1, 0.15) is 0 Å². The summed E-state index contributed by atoms with van der Waals surface area (Å²) in [6, 6.07) is 18.1. The smallest absolute Gasteiger partial charge is 0.320 e. The average molecular weight is 424 g/mol. The van der Waals surface area contributed by atoms with Crippen molar-refractivity contribution in [2.24, 2.45) is 0 Å². The summed E-state index contributed by atoms with van der Waals surface area (Å²) >= 11 is 0. The highest BCUT2D eigenvalue weighted by atomic mass is 16.5. The minimum Gasteiger partial charge on any atom is -0.465 e. The number of hydrogen-bond donors (Lipinski definition) is 1. The van der Waals surface area contributed by atoms with Crippen molar-refractivity contribution in [1.29, 1.82) is 0 Å². The maximum absolute atomic E-state index is 12.6. The molecule has 31 heavy (non-hydrogen) atoms. The molecule has 2 aromatic carbocycles. The van der Waals surface area contributed by atoms with E-state index < -0.39 is 0 Å². The van der Waals surface area contributed by atoms with Gasteiger partial charge in [0.05, 0.1) is 19.2 Å². The molecule has 1 aliphatic rings. The number of nitrogens with zero attached hydrogens (tertiary/aromatic N) is 2. The van der Waals surface area contributed by atoms with E-state index in [1.807, 2.05) is 75.5 Å². The van der Waals surface area contributed by atoms with Gasteiger partial charge in [-0.3, -0.25) is 14.5 Å². The number of hydrogen-bond acceptors (Lipinski definition) is 5. The molecule has 166 valence electrons. The van der Waals surface area contributed by atoms with E-state index in [1.165, 1.54) is 0 Å². The molecule has 1 saturated heterocycles. The summed E-state index contributed by atoms with van der Waals surface area (Å²) < 4.78 is 5.05. The van der Waals surface area contributed by atoms with Gasteiger partial charge in [0.2, 0.25) is 0 Å². The van der Waals surface area contributed by atoms with Crippen LogP contribution >= 0.6 is 0 Å². The van der Waals surface area contributed by atoms with Gasteiger partial charge in [0, 0.05) is 30.4 Å². The maximum atomic E-state index is 12.6. The van der Waals surface area contributed by atoms with Crippen molar-refractivity contribution >= 4 is 17.6 Å². The minimum atomic E-state index is -0.164. The van der Waals surface area contributed by atoms with E-state index in [-0.39, 0.29) is 17.9 Å². The van der Waals surface area contributed by atoms with Gasteiger partial charge in [-0.15, -0.1) is 0 Å². The standard InChI is InChI=1S/C25H33N3O3/c1-4-31-24(29)18-27(3)22-14-16-28(17-15-22)23-12-10-21(11-13-23)25(30)26-19(2)20-8-6-5-7-9-20/h5-13,19,22H,4,14-18H2,1-3H3,(H,26,30). The van der Waals surface area contributed by atoms with Crippen LogP contribution in [0.25, 0.3) is 0 Å². The molecule has 1 aliphatic heterocycles. The molecule has 0 aliphatic carbocycles. The fourth-order valence-electron chi connectivity index (χ4n) is 4.03. The lowest BCUT2D eigenvalue weighted by Crippen LogP contribution is -2.45. The molecule has 0 saturated carbocycles. The van der Waals surface area contributed by atoms with Crippen LogP contribution in [0.5, 0.6) is 0 Å². The predicted molar refractivity (Wildman–Crippen MR) is 123 cm³/mol. The van der Waals surface area contributed by atoms with Crippen LogP contribution in [0.1, 0.15) is 48.7 Å². The third-order valence-corrected chi connectivity index (χ3v) is 5.91. The molecule has 1 fully saturated rings. The summed E-state index contributed by atoms with van der Waals surface area (Å²) in [6.45, 7) is 6.43. The van der Waals surface area contributed by atoms with E-state index >= 15 is 0 Å². The highest BCUT2D eigenvalue weighted by molar-refractivity contribution is 5.94. The molecule has 0 aromatic heterocycles. The highest BCUT2D eigenvalue weighted by Crippen LogP contribution is 2.23. The Balaban J connectivity index is 1.50. The van der Waals surface area contributed by atoms with E-state index in [4.69, 9.17) is 4.74 Å². The third-order valence-electron chi connectivity index (χ3n) is 5.91. The second kappa shape index (κ2) is 11.0. The van der Waals surface area contributed by atoms with Crippen molar-refractivity contribution in [3.05, 3.63) is 65.7 Å². The summed E-state index contributed by atoms with van der Waals surface area (Å²) in [5.74, 6) is -0.231. The topological polar surface area (TPSA) is 61.9 Å². The Bertz CT molecular complexity index is 846. The Morgan fingerprint density at radius 3 is 2.35 bits per heavy atom. The number of carbonyl (C=O) groups is 2. The highest BCUT2D eigenvalue weighted by Gasteiger charge is 2.24. The summed E-state index contributed by atoms with van der Waals surface area (Å²) in [5.41, 5.74) is 2.87. The zero-order valence-corrected chi connectivity index (χ0v) is 18.7. The van der Waals surface area contributed by atoms with Crippen molar-refractivity contribution in [2.75, 3.05) is 38.2 Å². The van der Waals surface area contributed by atoms with Crippen LogP contribution in [-0.2, 0) is 9.53 Å². The number of likely N-dealkylation sites (N-methyl/N-ethyl adjacent to an activating group) is 1. The summed E-state index contributed by atoms with van der Waals surface area (Å²) in [7, 11) is 1.99. The number of amides is 1. The predicted octanol–water partition coefficient (Wildman–Crippen LogP) is 3.64. The Hall–Kier alpha value is -2.86. The lowest BCUT2D eigenvalue weighted by Gasteiger charge is -2.37. The van der Waals surface area contributed by atoms with E-state index in [0.717, 1.165) is 37.2 Å². The number of anilines is 1. The van der Waals surface area contributed by atoms with Crippen LogP contribution in [0.3, 0.4) is 0 Å².